The molecule has 2 N–H and O–H groups in total. The van der Waals surface area contributed by atoms with Gasteiger partial charge in [0.1, 0.15) is 18.9 Å². The summed E-state index contributed by atoms with van der Waals surface area (Å²) in [5.41, 5.74) is 0.550. The second kappa shape index (κ2) is 18.5. The van der Waals surface area contributed by atoms with Crippen molar-refractivity contribution in [3.05, 3.63) is 23.8 Å². The molecule has 0 saturated heterocycles. The van der Waals surface area contributed by atoms with Crippen LogP contribution >= 0.6 is 7.82 Å². The summed E-state index contributed by atoms with van der Waals surface area (Å²) in [7, 11) is 1.41. The Labute approximate surface area is 230 Å². The highest BCUT2D eigenvalue weighted by Crippen LogP contribution is 2.45. The summed E-state index contributed by atoms with van der Waals surface area (Å²) < 4.78 is 23.1. The molecule has 0 aliphatic carbocycles. The van der Waals surface area contributed by atoms with E-state index in [9.17, 15) is 19.0 Å². The minimum atomic E-state index is -4.40. The molecular formula is C29H52N2O6P+. The number of likely N-dealkylation sites (N-methyl/N-ethyl adjacent to an activating group) is 1. The van der Waals surface area contributed by atoms with Gasteiger partial charge in [-0.25, -0.2) is 4.57 Å². The van der Waals surface area contributed by atoms with Crippen LogP contribution in [0, 0.1) is 0 Å². The third-order valence-corrected chi connectivity index (χ3v) is 7.32. The van der Waals surface area contributed by atoms with Crippen LogP contribution in [-0.2, 0) is 13.9 Å². The largest absolute Gasteiger partial charge is 0.527 e. The lowest BCUT2D eigenvalue weighted by atomic mass is 10.0. The quantitative estimate of drug-likeness (QED) is 0.0664. The lowest BCUT2D eigenvalue weighted by Gasteiger charge is -2.24. The first-order valence-electron chi connectivity index (χ1n) is 14.4. The fourth-order valence-corrected chi connectivity index (χ4v) is 4.84. The number of rotatable bonds is 22. The molecule has 0 radical (unpaired) electrons. The molecule has 9 heteroatoms. The second-order valence-electron chi connectivity index (χ2n) is 11.2. The van der Waals surface area contributed by atoms with Crippen LogP contribution in [0.15, 0.2) is 18.2 Å². The van der Waals surface area contributed by atoms with Crippen molar-refractivity contribution in [1.82, 2.24) is 0 Å². The zero-order chi connectivity index (χ0) is 28.4. The molecule has 38 heavy (non-hydrogen) atoms. The summed E-state index contributed by atoms with van der Waals surface area (Å²) >= 11 is 0. The van der Waals surface area contributed by atoms with E-state index in [0.29, 0.717) is 23.1 Å². The minimum absolute atomic E-state index is 0.0278. The maximum absolute atomic E-state index is 12.4. The summed E-state index contributed by atoms with van der Waals surface area (Å²) in [6, 6.07) is 4.42. The van der Waals surface area contributed by atoms with Crippen molar-refractivity contribution in [2.75, 3.05) is 39.6 Å². The van der Waals surface area contributed by atoms with Crippen molar-refractivity contribution < 1.29 is 32.6 Å². The number of carbonyl (C=O) groups is 2. The molecular weight excluding hydrogens is 503 g/mol. The third-order valence-electron chi connectivity index (χ3n) is 6.38. The van der Waals surface area contributed by atoms with E-state index in [1.165, 1.54) is 83.3 Å². The van der Waals surface area contributed by atoms with Gasteiger partial charge in [-0.2, -0.15) is 0 Å². The Hall–Kier alpha value is -1.73. The van der Waals surface area contributed by atoms with Gasteiger partial charge in [0, 0.05) is 12.1 Å². The Morgan fingerprint density at radius 3 is 1.92 bits per heavy atom. The summed E-state index contributed by atoms with van der Waals surface area (Å²) in [5, 5.41) is 2.81. The molecule has 0 heterocycles. The fourth-order valence-electron chi connectivity index (χ4n) is 4.07. The van der Waals surface area contributed by atoms with Crippen LogP contribution in [0.3, 0.4) is 0 Å². The molecule has 0 fully saturated rings. The number of unbranched alkanes of at least 4 members (excludes halogenated alkanes) is 12. The number of phosphoric ester groups is 1. The summed E-state index contributed by atoms with van der Waals surface area (Å²) in [6.07, 6.45) is 16.7. The molecule has 0 spiro atoms. The zero-order valence-electron chi connectivity index (χ0n) is 24.4. The first-order valence-corrected chi connectivity index (χ1v) is 15.9. The Morgan fingerprint density at radius 1 is 0.895 bits per heavy atom. The van der Waals surface area contributed by atoms with E-state index in [0.717, 1.165) is 19.3 Å². The van der Waals surface area contributed by atoms with Crippen LogP contribution in [-0.4, -0.2) is 55.4 Å². The van der Waals surface area contributed by atoms with Crippen LogP contribution in [0.25, 0.3) is 0 Å². The number of anilines is 1. The number of hydrogen-bond donors (Lipinski definition) is 2. The molecule has 0 aliphatic rings. The molecule has 0 aliphatic heterocycles. The smallest absolute Gasteiger partial charge is 0.403 e. The molecule has 1 aromatic carbocycles. The van der Waals surface area contributed by atoms with Gasteiger partial charge in [-0.05, 0) is 31.5 Å². The standard InChI is InChI=1S/C29H51N2O6P/c1-6-7-8-9-10-11-12-13-14-15-16-17-18-19-29(33)30-26-20-21-28(27(24-26)25(2)32)37-38(34,35)36-23-22-31(3,4)5/h20-21,24H,6-19,22-23H2,1-5H3,(H-,30,33,34,35)/p+1. The monoisotopic (exact) mass is 555 g/mol. The van der Waals surface area contributed by atoms with Crippen molar-refractivity contribution in [2.24, 2.45) is 0 Å². The molecule has 0 saturated carbocycles. The van der Waals surface area contributed by atoms with Crippen LogP contribution in [0.5, 0.6) is 5.75 Å². The van der Waals surface area contributed by atoms with Gasteiger partial charge in [0.15, 0.2) is 5.78 Å². The lowest BCUT2D eigenvalue weighted by Crippen LogP contribution is -2.37. The Morgan fingerprint density at radius 2 is 1.42 bits per heavy atom. The summed E-state index contributed by atoms with van der Waals surface area (Å²) in [6.45, 7) is 4.12. The van der Waals surface area contributed by atoms with E-state index >= 15 is 0 Å². The Bertz CT molecular complexity index is 884. The van der Waals surface area contributed by atoms with Gasteiger partial charge in [-0.15, -0.1) is 0 Å². The van der Waals surface area contributed by atoms with E-state index in [2.05, 4.69) is 12.2 Å². The topological polar surface area (TPSA) is 102 Å². The molecule has 8 nitrogen and oxygen atoms in total. The van der Waals surface area contributed by atoms with Gasteiger partial charge in [-0.1, -0.05) is 84.0 Å². The Balaban J connectivity index is 2.35. The molecule has 0 bridgehead atoms. The van der Waals surface area contributed by atoms with Crippen LogP contribution in [0.4, 0.5) is 5.69 Å². The number of nitrogens with zero attached hydrogens (tertiary/aromatic N) is 1. The predicted molar refractivity (Wildman–Crippen MR) is 155 cm³/mol. The van der Waals surface area contributed by atoms with Crippen molar-refractivity contribution in [3.63, 3.8) is 0 Å². The maximum Gasteiger partial charge on any atom is 0.527 e. The number of ketones is 1. The van der Waals surface area contributed by atoms with Gasteiger partial charge in [0.05, 0.1) is 26.7 Å². The fraction of sp³-hybridized carbons (Fsp3) is 0.724. The zero-order valence-corrected chi connectivity index (χ0v) is 25.3. The number of amides is 1. The normalized spacial score (nSPS) is 13.2. The number of hydrogen-bond acceptors (Lipinski definition) is 5. The predicted octanol–water partition coefficient (Wildman–Crippen LogP) is 7.51. The molecule has 1 rings (SSSR count). The van der Waals surface area contributed by atoms with Gasteiger partial charge >= 0.3 is 7.82 Å². The number of phosphoric acid groups is 1. The van der Waals surface area contributed by atoms with Crippen molar-refractivity contribution in [3.8, 4) is 5.75 Å². The Kier molecular flexibility index (Phi) is 16.7. The van der Waals surface area contributed by atoms with E-state index in [1.54, 1.807) is 6.07 Å². The number of nitrogens with one attached hydrogen (secondary N) is 1. The number of Topliss-reactive ketones (excluding diaryl/α,β-unsaturated/α-hetero) is 1. The van der Waals surface area contributed by atoms with E-state index < -0.39 is 7.82 Å². The number of benzene rings is 1. The van der Waals surface area contributed by atoms with Crippen molar-refractivity contribution in [2.45, 2.75) is 104 Å². The SMILES string of the molecule is CCCCCCCCCCCCCCCC(=O)Nc1ccc(OP(=O)(O)OCC[N+](C)(C)C)c(C(C)=O)c1. The molecule has 218 valence electrons. The highest BCUT2D eigenvalue weighted by molar-refractivity contribution is 7.47. The first-order chi connectivity index (χ1) is 17.9. The maximum atomic E-state index is 12.4. The highest BCUT2D eigenvalue weighted by Gasteiger charge is 2.26. The highest BCUT2D eigenvalue weighted by atomic mass is 31.2. The second-order valence-corrected chi connectivity index (χ2v) is 12.6. The average molecular weight is 556 g/mol. The summed E-state index contributed by atoms with van der Waals surface area (Å²) in [5.74, 6) is -0.519. The van der Waals surface area contributed by atoms with Crippen LogP contribution in [0.1, 0.15) is 114 Å². The molecule has 1 amide bonds. The van der Waals surface area contributed by atoms with E-state index in [1.807, 2.05) is 21.1 Å². The molecule has 1 unspecified atom stereocenters. The molecule has 1 aromatic rings. The van der Waals surface area contributed by atoms with Gasteiger partial charge in [0.25, 0.3) is 0 Å². The first kappa shape index (κ1) is 34.3. The van der Waals surface area contributed by atoms with Gasteiger partial charge in [-0.3, -0.25) is 19.0 Å². The number of carbonyl (C=O) groups excluding carboxylic acids is 2. The lowest BCUT2D eigenvalue weighted by molar-refractivity contribution is -0.870. The average Bonchev–Trinajstić information content (AvgIpc) is 2.81. The van der Waals surface area contributed by atoms with Crippen LogP contribution in [0.2, 0.25) is 0 Å². The van der Waals surface area contributed by atoms with E-state index in [4.69, 9.17) is 9.05 Å². The van der Waals surface area contributed by atoms with Gasteiger partial charge in [0.2, 0.25) is 5.91 Å². The van der Waals surface area contributed by atoms with Crippen LogP contribution < -0.4 is 9.84 Å². The number of quaternary nitrogens is 1. The molecule has 1 atom stereocenters. The summed E-state index contributed by atoms with van der Waals surface area (Å²) in [4.78, 5) is 34.6. The van der Waals surface area contributed by atoms with Crippen molar-refractivity contribution >= 4 is 25.2 Å². The molecule has 0 aromatic heterocycles. The van der Waals surface area contributed by atoms with Gasteiger partial charge < -0.3 is 14.3 Å². The third kappa shape index (κ3) is 17.0. The van der Waals surface area contributed by atoms with Crippen molar-refractivity contribution in [1.29, 1.82) is 0 Å². The van der Waals surface area contributed by atoms with E-state index in [-0.39, 0.29) is 29.6 Å². The minimum Gasteiger partial charge on any atom is -0.403 e.